The third-order valence-electron chi connectivity index (χ3n) is 1.42. The van der Waals surface area contributed by atoms with Gasteiger partial charge in [-0.3, -0.25) is 4.79 Å². The minimum absolute atomic E-state index is 0.278. The van der Waals surface area contributed by atoms with E-state index in [1.54, 1.807) is 6.92 Å². The molecule has 0 heterocycles. The lowest BCUT2D eigenvalue weighted by Gasteiger charge is -2.01. The first-order valence-electron chi connectivity index (χ1n) is 3.19. The first-order chi connectivity index (χ1) is 3.68. The van der Waals surface area contributed by atoms with Crippen molar-refractivity contribution in [3.05, 3.63) is 0 Å². The van der Waals surface area contributed by atoms with Gasteiger partial charge in [0.05, 0.1) is 0 Å². The average Bonchev–Trinajstić information content (AvgIpc) is 1.67. The van der Waals surface area contributed by atoms with E-state index >= 15 is 0 Å². The van der Waals surface area contributed by atoms with E-state index < -0.39 is 0 Å². The Morgan fingerprint density at radius 1 is 1.62 bits per heavy atom. The molecule has 0 fully saturated rings. The molecule has 0 rings (SSSR count). The summed E-state index contributed by atoms with van der Waals surface area (Å²) in [6, 6.07) is 0. The van der Waals surface area contributed by atoms with Crippen LogP contribution in [0.5, 0.6) is 0 Å². The average molecular weight is 114 g/mol. The molecule has 1 heteroatoms. The molecule has 0 bridgehead atoms. The second kappa shape index (κ2) is 3.65. The molecule has 0 amide bonds. The summed E-state index contributed by atoms with van der Waals surface area (Å²) in [5.41, 5.74) is 0. The summed E-state index contributed by atoms with van der Waals surface area (Å²) in [5.74, 6) is 0.590. The third kappa shape index (κ3) is 2.78. The predicted molar refractivity (Wildman–Crippen MR) is 34.8 cm³/mol. The van der Waals surface area contributed by atoms with Gasteiger partial charge in [-0.2, -0.15) is 0 Å². The number of carbonyl (C=O) groups excluding carboxylic acids is 1. The second-order valence-electron chi connectivity index (χ2n) is 2.30. The molecular weight excluding hydrogens is 100 g/mol. The number of ketones is 1. The molecule has 0 aromatic heterocycles. The van der Waals surface area contributed by atoms with E-state index in [1.807, 2.05) is 6.92 Å². The molecule has 0 aromatic rings. The highest BCUT2D eigenvalue weighted by Crippen LogP contribution is 2.04. The Kier molecular flexibility index (Phi) is 3.49. The van der Waals surface area contributed by atoms with E-state index in [0.717, 1.165) is 12.8 Å². The van der Waals surface area contributed by atoms with Gasteiger partial charge in [0.25, 0.3) is 0 Å². The van der Waals surface area contributed by atoms with Crippen molar-refractivity contribution in [1.29, 1.82) is 0 Å². The fraction of sp³-hybridized carbons (Fsp3) is 0.857. The zero-order chi connectivity index (χ0) is 6.57. The largest absolute Gasteiger partial charge is 0.300 e. The molecular formula is C7H14O. The molecule has 0 N–H and O–H groups in total. The van der Waals surface area contributed by atoms with Gasteiger partial charge >= 0.3 is 0 Å². The molecule has 0 unspecified atom stereocenters. The lowest BCUT2D eigenvalue weighted by atomic mass is 10.0. The van der Waals surface area contributed by atoms with Gasteiger partial charge in [0.15, 0.2) is 0 Å². The summed E-state index contributed by atoms with van der Waals surface area (Å²) >= 11 is 0. The molecule has 0 aliphatic rings. The summed E-state index contributed by atoms with van der Waals surface area (Å²) in [7, 11) is 0. The molecule has 0 saturated heterocycles. The van der Waals surface area contributed by atoms with E-state index in [0.29, 0.717) is 5.78 Å². The second-order valence-corrected chi connectivity index (χ2v) is 2.30. The third-order valence-corrected chi connectivity index (χ3v) is 1.42. The van der Waals surface area contributed by atoms with Crippen molar-refractivity contribution >= 4 is 5.78 Å². The molecule has 48 valence electrons. The van der Waals surface area contributed by atoms with Gasteiger partial charge in [-0.1, -0.05) is 20.3 Å². The Hall–Kier alpha value is -0.330. The van der Waals surface area contributed by atoms with Gasteiger partial charge in [-0.05, 0) is 13.3 Å². The molecule has 1 nitrogen and oxygen atoms in total. The number of hydrogen-bond acceptors (Lipinski definition) is 1. The normalized spacial score (nSPS) is 13.4. The van der Waals surface area contributed by atoms with Crippen LogP contribution in [0.1, 0.15) is 33.6 Å². The molecule has 0 aliphatic heterocycles. The van der Waals surface area contributed by atoms with Crippen LogP contribution in [0.2, 0.25) is 0 Å². The van der Waals surface area contributed by atoms with Crippen LogP contribution in [-0.2, 0) is 4.79 Å². The minimum Gasteiger partial charge on any atom is -0.300 e. The molecule has 0 radical (unpaired) electrons. The van der Waals surface area contributed by atoms with Crippen LogP contribution < -0.4 is 0 Å². The molecule has 8 heavy (non-hydrogen) atoms. The van der Waals surface area contributed by atoms with Crippen molar-refractivity contribution in [2.24, 2.45) is 5.92 Å². The van der Waals surface area contributed by atoms with Crippen molar-refractivity contribution < 1.29 is 4.79 Å². The van der Waals surface area contributed by atoms with Gasteiger partial charge in [-0.15, -0.1) is 0 Å². The van der Waals surface area contributed by atoms with Gasteiger partial charge in [-0.25, -0.2) is 0 Å². The molecule has 0 aliphatic carbocycles. The highest BCUT2D eigenvalue weighted by atomic mass is 16.1. The smallest absolute Gasteiger partial charge is 0.132 e. The lowest BCUT2D eigenvalue weighted by molar-refractivity contribution is -0.120. The minimum atomic E-state index is 0.278. The number of Topliss-reactive ketones (excluding diaryl/α,β-unsaturated/α-hetero) is 1. The maximum Gasteiger partial charge on any atom is 0.132 e. The van der Waals surface area contributed by atoms with Crippen molar-refractivity contribution in [2.45, 2.75) is 33.6 Å². The van der Waals surface area contributed by atoms with Crippen LogP contribution in [0.4, 0.5) is 0 Å². The SMILES string of the molecule is CCC[C@@H](C)C(C)=O. The highest BCUT2D eigenvalue weighted by molar-refractivity contribution is 5.77. The van der Waals surface area contributed by atoms with Crippen molar-refractivity contribution in [2.75, 3.05) is 0 Å². The van der Waals surface area contributed by atoms with Crippen molar-refractivity contribution in [1.82, 2.24) is 0 Å². The fourth-order valence-electron chi connectivity index (χ4n) is 0.636. The van der Waals surface area contributed by atoms with Gasteiger partial charge in [0.1, 0.15) is 5.78 Å². The van der Waals surface area contributed by atoms with Gasteiger partial charge in [0, 0.05) is 5.92 Å². The first-order valence-corrected chi connectivity index (χ1v) is 3.19. The number of hydrogen-bond donors (Lipinski definition) is 0. The Labute approximate surface area is 51.1 Å². The highest BCUT2D eigenvalue weighted by Gasteiger charge is 2.03. The topological polar surface area (TPSA) is 17.1 Å². The molecule has 0 spiro atoms. The zero-order valence-corrected chi connectivity index (χ0v) is 5.90. The maximum atomic E-state index is 10.5. The fourth-order valence-corrected chi connectivity index (χ4v) is 0.636. The van der Waals surface area contributed by atoms with Crippen LogP contribution in [0, 0.1) is 5.92 Å². The lowest BCUT2D eigenvalue weighted by Crippen LogP contribution is -2.04. The van der Waals surface area contributed by atoms with Crippen LogP contribution in [0.25, 0.3) is 0 Å². The standard InChI is InChI=1S/C7H14O/c1-4-5-6(2)7(3)8/h6H,4-5H2,1-3H3/t6-/m1/s1. The van der Waals surface area contributed by atoms with E-state index in [9.17, 15) is 4.79 Å². The van der Waals surface area contributed by atoms with Crippen LogP contribution >= 0.6 is 0 Å². The Morgan fingerprint density at radius 3 is 2.25 bits per heavy atom. The summed E-state index contributed by atoms with van der Waals surface area (Å²) in [6.45, 7) is 5.73. The zero-order valence-electron chi connectivity index (χ0n) is 5.90. The molecule has 0 aromatic carbocycles. The quantitative estimate of drug-likeness (QED) is 0.548. The molecule has 1 atom stereocenters. The van der Waals surface area contributed by atoms with Crippen LogP contribution in [0.15, 0.2) is 0 Å². The predicted octanol–water partition coefficient (Wildman–Crippen LogP) is 2.01. The summed E-state index contributed by atoms with van der Waals surface area (Å²) in [4.78, 5) is 10.5. The van der Waals surface area contributed by atoms with E-state index in [-0.39, 0.29) is 5.92 Å². The van der Waals surface area contributed by atoms with Gasteiger partial charge < -0.3 is 0 Å². The monoisotopic (exact) mass is 114 g/mol. The van der Waals surface area contributed by atoms with Crippen LogP contribution in [0.3, 0.4) is 0 Å². The summed E-state index contributed by atoms with van der Waals surface area (Å²) in [6.07, 6.45) is 2.15. The first kappa shape index (κ1) is 7.67. The van der Waals surface area contributed by atoms with Gasteiger partial charge in [0.2, 0.25) is 0 Å². The maximum absolute atomic E-state index is 10.5. The Balaban J connectivity index is 3.32. The van der Waals surface area contributed by atoms with E-state index in [2.05, 4.69) is 6.92 Å². The van der Waals surface area contributed by atoms with E-state index in [1.165, 1.54) is 0 Å². The summed E-state index contributed by atoms with van der Waals surface area (Å²) in [5, 5.41) is 0. The van der Waals surface area contributed by atoms with E-state index in [4.69, 9.17) is 0 Å². The van der Waals surface area contributed by atoms with Crippen LogP contribution in [-0.4, -0.2) is 5.78 Å². The Bertz CT molecular complexity index is 76.5. The Morgan fingerprint density at radius 2 is 2.12 bits per heavy atom. The van der Waals surface area contributed by atoms with Crippen molar-refractivity contribution in [3.63, 3.8) is 0 Å². The summed E-state index contributed by atoms with van der Waals surface area (Å²) < 4.78 is 0. The number of carbonyl (C=O) groups is 1. The molecule has 0 saturated carbocycles. The van der Waals surface area contributed by atoms with Crippen molar-refractivity contribution in [3.8, 4) is 0 Å². The number of rotatable bonds is 3.